The maximum atomic E-state index is 12.0. The molecule has 1 N–H and O–H groups in total. The van der Waals surface area contributed by atoms with Gasteiger partial charge in [-0.15, -0.1) is 10.2 Å². The van der Waals surface area contributed by atoms with Gasteiger partial charge in [-0.1, -0.05) is 0 Å². The zero-order valence-electron chi connectivity index (χ0n) is 11.4. The molecule has 1 fully saturated rings. The van der Waals surface area contributed by atoms with E-state index in [1.165, 1.54) is 12.8 Å². The summed E-state index contributed by atoms with van der Waals surface area (Å²) in [5, 5.41) is 11.1. The van der Waals surface area contributed by atoms with E-state index < -0.39 is 0 Å². The van der Waals surface area contributed by atoms with Gasteiger partial charge in [-0.05, 0) is 18.8 Å². The Morgan fingerprint density at radius 2 is 2.29 bits per heavy atom. The second-order valence-electron chi connectivity index (χ2n) is 5.35. The number of allylic oxidation sites excluding steroid dienone is 1. The third-order valence-electron chi connectivity index (χ3n) is 3.72. The predicted molar refractivity (Wildman–Crippen MR) is 79.2 cm³/mol. The Balaban J connectivity index is 1.58. The summed E-state index contributed by atoms with van der Waals surface area (Å²) in [5.74, 6) is 1.11. The van der Waals surface area contributed by atoms with Gasteiger partial charge in [-0.2, -0.15) is 0 Å². The number of nitrogens with zero attached hydrogens (tertiary/aromatic N) is 5. The summed E-state index contributed by atoms with van der Waals surface area (Å²) in [4.78, 5) is 22.4. The summed E-state index contributed by atoms with van der Waals surface area (Å²) in [6.07, 6.45) is 7.66. The quantitative estimate of drug-likeness (QED) is 0.898. The maximum absolute atomic E-state index is 12.0. The van der Waals surface area contributed by atoms with Crippen LogP contribution in [0.5, 0.6) is 0 Å². The van der Waals surface area contributed by atoms with Crippen molar-refractivity contribution >= 4 is 29.8 Å². The number of nitrogens with one attached hydrogen (secondary N) is 1. The Morgan fingerprint density at radius 1 is 1.38 bits per heavy atom. The molecule has 1 aromatic rings. The minimum Gasteiger partial charge on any atom is -0.350 e. The zero-order chi connectivity index (χ0) is 14.2. The lowest BCUT2D eigenvalue weighted by molar-refractivity contribution is 0.0946. The molecular weight excluding hydrogens is 268 g/mol. The molecule has 1 aromatic heterocycles. The van der Waals surface area contributed by atoms with Gasteiger partial charge in [0.25, 0.3) is 5.91 Å². The third kappa shape index (κ3) is 2.31. The van der Waals surface area contributed by atoms with Crippen molar-refractivity contribution in [3.8, 4) is 0 Å². The van der Waals surface area contributed by atoms with Gasteiger partial charge in [0.15, 0.2) is 11.5 Å². The van der Waals surface area contributed by atoms with E-state index in [0.717, 1.165) is 12.2 Å². The highest BCUT2D eigenvalue weighted by atomic mass is 16.1. The molecule has 106 valence electrons. The van der Waals surface area contributed by atoms with E-state index in [-0.39, 0.29) is 5.91 Å². The number of anilines is 1. The van der Waals surface area contributed by atoms with Crippen LogP contribution in [0.15, 0.2) is 27.9 Å². The lowest BCUT2D eigenvalue weighted by Crippen LogP contribution is -2.31. The van der Waals surface area contributed by atoms with Gasteiger partial charge in [0.2, 0.25) is 0 Å². The number of carbonyl (C=O) groups excluding carboxylic acids is 1. The standard InChI is InChI=1S/C14H14N6O/c21-14(17-6-9-1-2-9)12-5-11-13(19-18-12)20-4-3-15-7-10(20)8-16-11/h3,5,7-9H,1-2,4,6H2,(H,17,21). The van der Waals surface area contributed by atoms with Gasteiger partial charge in [-0.3, -0.25) is 14.8 Å². The molecule has 0 radical (unpaired) electrons. The first kappa shape index (κ1) is 12.2. The predicted octanol–water partition coefficient (Wildman–Crippen LogP) is 1.06. The molecule has 7 nitrogen and oxygen atoms in total. The first-order valence-corrected chi connectivity index (χ1v) is 7.00. The summed E-state index contributed by atoms with van der Waals surface area (Å²) in [6.45, 7) is 1.35. The fourth-order valence-electron chi connectivity index (χ4n) is 2.30. The Bertz CT molecular complexity index is 689. The number of hydrogen-bond donors (Lipinski definition) is 1. The highest BCUT2D eigenvalue weighted by Crippen LogP contribution is 2.32. The van der Waals surface area contributed by atoms with E-state index in [0.29, 0.717) is 29.7 Å². The van der Waals surface area contributed by atoms with E-state index in [4.69, 9.17) is 0 Å². The first-order chi connectivity index (χ1) is 10.3. The molecule has 0 atom stereocenters. The molecule has 21 heavy (non-hydrogen) atoms. The van der Waals surface area contributed by atoms with Crippen LogP contribution in [0.3, 0.4) is 0 Å². The summed E-state index contributed by atoms with van der Waals surface area (Å²) < 4.78 is 0. The number of rotatable bonds is 3. The number of amides is 1. The number of aliphatic imine (C=N–C) groups is 2. The fraction of sp³-hybridized carbons (Fsp3) is 0.357. The van der Waals surface area contributed by atoms with Crippen LogP contribution in [0.2, 0.25) is 0 Å². The van der Waals surface area contributed by atoms with Gasteiger partial charge in [0, 0.05) is 18.8 Å². The smallest absolute Gasteiger partial charge is 0.271 e. The minimum absolute atomic E-state index is 0.186. The van der Waals surface area contributed by atoms with Crippen molar-refractivity contribution in [1.82, 2.24) is 15.5 Å². The molecule has 0 bridgehead atoms. The molecule has 0 spiro atoms. The van der Waals surface area contributed by atoms with Crippen LogP contribution in [0, 0.1) is 5.92 Å². The first-order valence-electron chi connectivity index (χ1n) is 7.00. The lowest BCUT2D eigenvalue weighted by Gasteiger charge is -2.27. The largest absolute Gasteiger partial charge is 0.350 e. The molecule has 1 amide bonds. The van der Waals surface area contributed by atoms with Crippen molar-refractivity contribution in [2.24, 2.45) is 15.9 Å². The highest BCUT2D eigenvalue weighted by Gasteiger charge is 2.25. The maximum Gasteiger partial charge on any atom is 0.271 e. The molecule has 3 aliphatic rings. The molecule has 3 heterocycles. The van der Waals surface area contributed by atoms with Crippen LogP contribution >= 0.6 is 0 Å². The SMILES string of the molecule is O=C(NCC1CC1)c1cc2c(nn1)N1CC=NC=C1C=N2. The Kier molecular flexibility index (Phi) is 2.77. The van der Waals surface area contributed by atoms with Crippen LogP contribution in [0.1, 0.15) is 23.3 Å². The fourth-order valence-corrected chi connectivity index (χ4v) is 2.30. The van der Waals surface area contributed by atoms with E-state index in [1.807, 2.05) is 4.90 Å². The normalized spacial score (nSPS) is 18.9. The molecule has 4 rings (SSSR count). The van der Waals surface area contributed by atoms with Gasteiger partial charge >= 0.3 is 0 Å². The minimum atomic E-state index is -0.186. The average molecular weight is 282 g/mol. The molecular formula is C14H14N6O. The van der Waals surface area contributed by atoms with E-state index in [2.05, 4.69) is 25.5 Å². The van der Waals surface area contributed by atoms with Crippen molar-refractivity contribution in [3.63, 3.8) is 0 Å². The van der Waals surface area contributed by atoms with Crippen LogP contribution < -0.4 is 10.2 Å². The second-order valence-corrected chi connectivity index (χ2v) is 5.35. The average Bonchev–Trinajstić information content (AvgIpc) is 3.36. The van der Waals surface area contributed by atoms with E-state index in [1.54, 1.807) is 24.7 Å². The van der Waals surface area contributed by atoms with Crippen molar-refractivity contribution in [1.29, 1.82) is 0 Å². The molecule has 1 aliphatic carbocycles. The van der Waals surface area contributed by atoms with Crippen molar-refractivity contribution in [2.45, 2.75) is 12.8 Å². The molecule has 2 aliphatic heterocycles. The molecule has 0 saturated heterocycles. The van der Waals surface area contributed by atoms with Crippen LogP contribution in [0.25, 0.3) is 0 Å². The molecule has 1 saturated carbocycles. The van der Waals surface area contributed by atoms with Crippen LogP contribution in [-0.4, -0.2) is 41.6 Å². The Morgan fingerprint density at radius 3 is 3.14 bits per heavy atom. The number of fused-ring (bicyclic) bond motifs is 3. The van der Waals surface area contributed by atoms with E-state index >= 15 is 0 Å². The topological polar surface area (TPSA) is 82.8 Å². The number of aromatic nitrogens is 2. The van der Waals surface area contributed by atoms with E-state index in [9.17, 15) is 4.79 Å². The van der Waals surface area contributed by atoms with Crippen LogP contribution in [0.4, 0.5) is 11.5 Å². The highest BCUT2D eigenvalue weighted by molar-refractivity contribution is 5.98. The number of hydrogen-bond acceptors (Lipinski definition) is 6. The molecule has 0 unspecified atom stereocenters. The monoisotopic (exact) mass is 282 g/mol. The molecule has 7 heteroatoms. The molecule has 0 aromatic carbocycles. The van der Waals surface area contributed by atoms with Crippen LogP contribution in [-0.2, 0) is 0 Å². The zero-order valence-corrected chi connectivity index (χ0v) is 11.4. The lowest BCUT2D eigenvalue weighted by atomic mass is 10.2. The number of carbonyl (C=O) groups is 1. The van der Waals surface area contributed by atoms with Crippen molar-refractivity contribution in [2.75, 3.05) is 18.0 Å². The van der Waals surface area contributed by atoms with Gasteiger partial charge < -0.3 is 10.2 Å². The van der Waals surface area contributed by atoms with Gasteiger partial charge in [0.1, 0.15) is 5.69 Å². The summed E-state index contributed by atoms with van der Waals surface area (Å²) in [7, 11) is 0. The Hall–Kier alpha value is -2.57. The summed E-state index contributed by atoms with van der Waals surface area (Å²) in [6, 6.07) is 1.68. The summed E-state index contributed by atoms with van der Waals surface area (Å²) >= 11 is 0. The van der Waals surface area contributed by atoms with Crippen molar-refractivity contribution < 1.29 is 4.79 Å². The van der Waals surface area contributed by atoms with Gasteiger partial charge in [-0.25, -0.2) is 0 Å². The van der Waals surface area contributed by atoms with Crippen molar-refractivity contribution in [3.05, 3.63) is 23.7 Å². The Labute approximate surface area is 121 Å². The summed E-state index contributed by atoms with van der Waals surface area (Å²) in [5.41, 5.74) is 1.85. The second kappa shape index (κ2) is 4.76. The third-order valence-corrected chi connectivity index (χ3v) is 3.72. The van der Waals surface area contributed by atoms with Gasteiger partial charge in [0.05, 0.1) is 24.7 Å².